The molecule has 2 aromatic heterocycles. The van der Waals surface area contributed by atoms with Crippen LogP contribution in [-0.2, 0) is 0 Å². The number of nitrogens with zero attached hydrogens (tertiary/aromatic N) is 3. The lowest BCUT2D eigenvalue weighted by Gasteiger charge is -2.10. The maximum atomic E-state index is 4.98. The molecule has 4 heteroatoms. The fourth-order valence-electron chi connectivity index (χ4n) is 5.54. The molecular weight excluding hydrogens is 543 g/mol. The van der Waals surface area contributed by atoms with Gasteiger partial charge in [0.05, 0.1) is 0 Å². The van der Waals surface area contributed by atoms with E-state index in [0.717, 1.165) is 33.4 Å². The predicted molar refractivity (Wildman–Crippen MR) is 180 cm³/mol. The lowest BCUT2D eigenvalue weighted by molar-refractivity contribution is 1.07. The van der Waals surface area contributed by atoms with Gasteiger partial charge < -0.3 is 0 Å². The van der Waals surface area contributed by atoms with Crippen LogP contribution in [0.5, 0.6) is 0 Å². The van der Waals surface area contributed by atoms with E-state index in [9.17, 15) is 0 Å². The molecule has 0 aliphatic rings. The highest BCUT2D eigenvalue weighted by Gasteiger charge is 2.14. The summed E-state index contributed by atoms with van der Waals surface area (Å²) >= 11 is 1.84. The summed E-state index contributed by atoms with van der Waals surface area (Å²) in [6.45, 7) is 0. The minimum atomic E-state index is 0.653. The lowest BCUT2D eigenvalue weighted by Crippen LogP contribution is -2.00. The van der Waals surface area contributed by atoms with Gasteiger partial charge in [-0.1, -0.05) is 127 Å². The van der Waals surface area contributed by atoms with Crippen molar-refractivity contribution < 1.29 is 0 Å². The van der Waals surface area contributed by atoms with Crippen LogP contribution >= 0.6 is 11.3 Å². The third-order valence-corrected chi connectivity index (χ3v) is 8.90. The van der Waals surface area contributed by atoms with Gasteiger partial charge in [0.25, 0.3) is 0 Å². The van der Waals surface area contributed by atoms with E-state index in [1.54, 1.807) is 0 Å². The number of thiophene rings is 1. The van der Waals surface area contributed by atoms with Gasteiger partial charge in [-0.3, -0.25) is 0 Å². The SMILES string of the molecule is c1ccc(-c2cccc(-c3nc(-c4ccccc4)nc(-c4ccc(-c5ccc6sc7ccccc7c6c5)cc4)n3)c2)cc1. The fourth-order valence-corrected chi connectivity index (χ4v) is 6.62. The van der Waals surface area contributed by atoms with E-state index >= 15 is 0 Å². The Morgan fingerprint density at radius 3 is 1.51 bits per heavy atom. The van der Waals surface area contributed by atoms with Crippen LogP contribution in [0.2, 0.25) is 0 Å². The molecule has 6 aromatic carbocycles. The van der Waals surface area contributed by atoms with Crippen molar-refractivity contribution in [3.63, 3.8) is 0 Å². The number of rotatable bonds is 5. The number of hydrogen-bond acceptors (Lipinski definition) is 4. The normalized spacial score (nSPS) is 11.3. The summed E-state index contributed by atoms with van der Waals surface area (Å²) in [5.41, 5.74) is 7.50. The molecule has 2 heterocycles. The molecule has 0 unspecified atom stereocenters. The molecule has 8 aromatic rings. The van der Waals surface area contributed by atoms with Crippen LogP contribution in [0.4, 0.5) is 0 Å². The Hall–Kier alpha value is -5.45. The summed E-state index contributed by atoms with van der Waals surface area (Å²) in [6, 6.07) is 52.8. The molecule has 0 aliphatic heterocycles. The summed E-state index contributed by atoms with van der Waals surface area (Å²) in [5.74, 6) is 1.96. The first kappa shape index (κ1) is 25.3. The van der Waals surface area contributed by atoms with Gasteiger partial charge in [-0.2, -0.15) is 0 Å². The highest BCUT2D eigenvalue weighted by atomic mass is 32.1. The summed E-state index contributed by atoms with van der Waals surface area (Å²) in [5, 5.41) is 2.61. The van der Waals surface area contributed by atoms with Gasteiger partial charge in [0.15, 0.2) is 17.5 Å². The second-order valence-electron chi connectivity index (χ2n) is 10.5. The first-order chi connectivity index (χ1) is 21.3. The van der Waals surface area contributed by atoms with Crippen LogP contribution in [-0.4, -0.2) is 15.0 Å². The van der Waals surface area contributed by atoms with E-state index in [4.69, 9.17) is 15.0 Å². The number of fused-ring (bicyclic) bond motifs is 3. The zero-order valence-corrected chi connectivity index (χ0v) is 24.0. The minimum Gasteiger partial charge on any atom is -0.208 e. The van der Waals surface area contributed by atoms with E-state index in [-0.39, 0.29) is 0 Å². The molecule has 0 atom stereocenters. The molecule has 0 saturated heterocycles. The fraction of sp³-hybridized carbons (Fsp3) is 0. The Morgan fingerprint density at radius 1 is 0.302 bits per heavy atom. The van der Waals surface area contributed by atoms with Crippen LogP contribution in [0.1, 0.15) is 0 Å². The highest BCUT2D eigenvalue weighted by molar-refractivity contribution is 7.25. The molecule has 3 nitrogen and oxygen atoms in total. The van der Waals surface area contributed by atoms with Crippen LogP contribution in [0.15, 0.2) is 152 Å². The third-order valence-electron chi connectivity index (χ3n) is 7.75. The van der Waals surface area contributed by atoms with E-state index in [0.29, 0.717) is 17.5 Å². The van der Waals surface area contributed by atoms with Crippen molar-refractivity contribution in [3.8, 4) is 56.4 Å². The maximum absolute atomic E-state index is 4.98. The maximum Gasteiger partial charge on any atom is 0.164 e. The van der Waals surface area contributed by atoms with Gasteiger partial charge in [0.2, 0.25) is 0 Å². The Labute approximate surface area is 253 Å². The third kappa shape index (κ3) is 4.88. The van der Waals surface area contributed by atoms with E-state index in [1.807, 2.05) is 47.7 Å². The quantitative estimate of drug-likeness (QED) is 0.208. The predicted octanol–water partition coefficient (Wildman–Crippen LogP) is 10.6. The average molecular weight is 568 g/mol. The molecule has 8 rings (SSSR count). The molecule has 0 aliphatic carbocycles. The highest BCUT2D eigenvalue weighted by Crippen LogP contribution is 2.36. The second-order valence-corrected chi connectivity index (χ2v) is 11.6. The van der Waals surface area contributed by atoms with Gasteiger partial charge in [0.1, 0.15) is 0 Å². The number of benzene rings is 6. The van der Waals surface area contributed by atoms with Crippen molar-refractivity contribution in [1.29, 1.82) is 0 Å². The first-order valence-corrected chi connectivity index (χ1v) is 15.1. The van der Waals surface area contributed by atoms with Crippen LogP contribution in [0.3, 0.4) is 0 Å². The average Bonchev–Trinajstić information content (AvgIpc) is 3.47. The zero-order valence-electron chi connectivity index (χ0n) is 23.2. The first-order valence-electron chi connectivity index (χ1n) is 14.3. The number of hydrogen-bond donors (Lipinski definition) is 0. The molecule has 0 radical (unpaired) electrons. The van der Waals surface area contributed by atoms with Crippen molar-refractivity contribution in [1.82, 2.24) is 15.0 Å². The second kappa shape index (κ2) is 10.8. The Morgan fingerprint density at radius 2 is 0.767 bits per heavy atom. The van der Waals surface area contributed by atoms with E-state index in [1.165, 1.54) is 25.7 Å². The smallest absolute Gasteiger partial charge is 0.164 e. The summed E-state index contributed by atoms with van der Waals surface area (Å²) in [6.07, 6.45) is 0. The summed E-state index contributed by atoms with van der Waals surface area (Å²) < 4.78 is 2.63. The van der Waals surface area contributed by atoms with Crippen molar-refractivity contribution in [2.45, 2.75) is 0 Å². The molecule has 0 saturated carbocycles. The Kier molecular flexibility index (Phi) is 6.32. The lowest BCUT2D eigenvalue weighted by atomic mass is 10.0. The molecular formula is C39H25N3S. The van der Waals surface area contributed by atoms with Gasteiger partial charge in [-0.15, -0.1) is 11.3 Å². The van der Waals surface area contributed by atoms with Crippen molar-refractivity contribution in [2.75, 3.05) is 0 Å². The van der Waals surface area contributed by atoms with Gasteiger partial charge >= 0.3 is 0 Å². The van der Waals surface area contributed by atoms with Crippen LogP contribution < -0.4 is 0 Å². The standard InChI is InChI=1S/C39H25N3S/c1-3-10-26(11-4-1)30-14-9-15-32(24-30)39-41-37(28-12-5-2-6-13-28)40-38(42-39)29-20-18-27(19-21-29)31-22-23-36-34(25-31)33-16-7-8-17-35(33)43-36/h1-25H. The molecule has 202 valence electrons. The molecule has 0 bridgehead atoms. The summed E-state index contributed by atoms with van der Waals surface area (Å²) in [4.78, 5) is 14.8. The van der Waals surface area contributed by atoms with E-state index in [2.05, 4.69) is 115 Å². The van der Waals surface area contributed by atoms with Crippen LogP contribution in [0.25, 0.3) is 76.6 Å². The topological polar surface area (TPSA) is 38.7 Å². The van der Waals surface area contributed by atoms with Gasteiger partial charge in [-0.25, -0.2) is 15.0 Å². The molecule has 0 N–H and O–H groups in total. The van der Waals surface area contributed by atoms with Gasteiger partial charge in [0, 0.05) is 36.9 Å². The summed E-state index contributed by atoms with van der Waals surface area (Å²) in [7, 11) is 0. The number of aromatic nitrogens is 3. The zero-order chi connectivity index (χ0) is 28.6. The Bertz CT molecular complexity index is 2220. The minimum absolute atomic E-state index is 0.653. The molecule has 0 amide bonds. The largest absolute Gasteiger partial charge is 0.208 e. The van der Waals surface area contributed by atoms with Crippen molar-refractivity contribution in [3.05, 3.63) is 152 Å². The van der Waals surface area contributed by atoms with Crippen molar-refractivity contribution in [2.24, 2.45) is 0 Å². The van der Waals surface area contributed by atoms with Crippen LogP contribution in [0, 0.1) is 0 Å². The molecule has 43 heavy (non-hydrogen) atoms. The Balaban J connectivity index is 1.20. The molecule has 0 spiro atoms. The molecule has 0 fully saturated rings. The van der Waals surface area contributed by atoms with Crippen molar-refractivity contribution >= 4 is 31.5 Å². The monoisotopic (exact) mass is 567 g/mol. The van der Waals surface area contributed by atoms with E-state index < -0.39 is 0 Å². The van der Waals surface area contributed by atoms with Gasteiger partial charge in [-0.05, 0) is 46.5 Å².